The van der Waals surface area contributed by atoms with Crippen LogP contribution >= 0.6 is 0 Å². The summed E-state index contributed by atoms with van der Waals surface area (Å²) in [5, 5.41) is 7.67. The van der Waals surface area contributed by atoms with Crippen molar-refractivity contribution in [3.8, 4) is 0 Å². The van der Waals surface area contributed by atoms with Crippen molar-refractivity contribution < 1.29 is 150 Å². The van der Waals surface area contributed by atoms with Gasteiger partial charge in [0, 0.05) is 45.3 Å². The van der Waals surface area contributed by atoms with Gasteiger partial charge in [-0.05, 0) is 24.8 Å². The Morgan fingerprint density at radius 1 is 0.973 bits per heavy atom. The van der Waals surface area contributed by atoms with E-state index in [1.807, 2.05) is 6.92 Å². The number of carbonyl (C=O) groups excluding carboxylic acids is 5. The molecule has 1 saturated carbocycles. The second kappa shape index (κ2) is 22.3. The molecule has 1 aliphatic carbocycles. The molecule has 0 bridgehead atoms. The minimum Gasteiger partial charge on any atom is -0.651 e. The first-order valence-corrected chi connectivity index (χ1v) is 12.2. The molecule has 0 N–H and O–H groups in total. The maximum absolute atomic E-state index is 12.4. The molecule has 0 aliphatic heterocycles. The first kappa shape index (κ1) is 37.5. The van der Waals surface area contributed by atoms with Gasteiger partial charge in [0.15, 0.2) is 0 Å². The largest absolute Gasteiger partial charge is 1.00 e. The van der Waals surface area contributed by atoms with Crippen molar-refractivity contribution in [3.63, 3.8) is 0 Å². The Hall–Kier alpha value is 0.540. The van der Waals surface area contributed by atoms with Gasteiger partial charge in [-0.15, -0.1) is 12.2 Å². The van der Waals surface area contributed by atoms with Crippen LogP contribution in [0, 0.1) is 5.92 Å². The third-order valence-corrected chi connectivity index (χ3v) is 5.49. The van der Waals surface area contributed by atoms with E-state index in [2.05, 4.69) is 10.6 Å². The molecule has 11 heteroatoms. The van der Waals surface area contributed by atoms with Crippen LogP contribution in [0.4, 0.5) is 5.69 Å². The van der Waals surface area contributed by atoms with Gasteiger partial charge in [0.1, 0.15) is 11.6 Å². The van der Waals surface area contributed by atoms with E-state index in [0.717, 1.165) is 24.8 Å². The molecule has 1 unspecified atom stereocenters. The number of rotatable bonds is 15. The fourth-order valence-corrected chi connectivity index (χ4v) is 3.67. The van der Waals surface area contributed by atoms with Gasteiger partial charge in [-0.2, -0.15) is 0 Å². The fraction of sp³-hybridized carbons (Fsp3) is 0.577. The first-order chi connectivity index (χ1) is 16.9. The van der Waals surface area contributed by atoms with E-state index in [9.17, 15) is 24.0 Å². The zero-order chi connectivity index (χ0) is 25.5. The van der Waals surface area contributed by atoms with Gasteiger partial charge in [-0.1, -0.05) is 37.6 Å². The van der Waals surface area contributed by atoms with Crippen LogP contribution in [0.3, 0.4) is 0 Å². The minimum atomic E-state index is -0.606. The summed E-state index contributed by atoms with van der Waals surface area (Å²) in [6, 6.07) is 6.62. The van der Waals surface area contributed by atoms with Crippen LogP contribution in [0.15, 0.2) is 24.3 Å². The van der Waals surface area contributed by atoms with Gasteiger partial charge in [0.25, 0.3) is 0 Å². The van der Waals surface area contributed by atoms with E-state index in [-0.39, 0.29) is 153 Å². The van der Waals surface area contributed by atoms with Gasteiger partial charge in [0.05, 0.1) is 24.3 Å². The molecule has 1 atom stereocenters. The van der Waals surface area contributed by atoms with E-state index in [0.29, 0.717) is 44.6 Å². The third kappa shape index (κ3) is 16.4. The molecule has 0 saturated heterocycles. The number of esters is 1. The zero-order valence-corrected chi connectivity index (χ0v) is 32.2. The molecule has 2 amide bonds. The summed E-state index contributed by atoms with van der Waals surface area (Å²) in [7, 11) is 0. The molecule has 37 heavy (non-hydrogen) atoms. The van der Waals surface area contributed by atoms with Crippen molar-refractivity contribution >= 4 is 35.0 Å². The molecule has 1 aromatic carbocycles. The maximum atomic E-state index is 12.4. The Labute approximate surface area is 316 Å². The van der Waals surface area contributed by atoms with Gasteiger partial charge in [-0.3, -0.25) is 14.4 Å². The number of ketones is 2. The van der Waals surface area contributed by atoms with Crippen molar-refractivity contribution in [2.45, 2.75) is 64.7 Å². The predicted octanol–water partition coefficient (Wildman–Crippen LogP) is -1.86. The molecule has 1 aromatic rings. The number of ether oxygens (including phenoxy) is 2. The van der Waals surface area contributed by atoms with Crippen LogP contribution in [-0.2, 0) is 39.9 Å². The van der Waals surface area contributed by atoms with Gasteiger partial charge < -0.3 is 29.7 Å². The number of nitrogens with zero attached hydrogens (tertiary/aromatic N) is 2. The average Bonchev–Trinajstić information content (AvgIpc) is 2.82. The predicted molar refractivity (Wildman–Crippen MR) is 129 cm³/mol. The van der Waals surface area contributed by atoms with Crippen LogP contribution in [-0.4, -0.2) is 55.7 Å². The minimum absolute atomic E-state index is 0. The average molecular weight is 658 g/mol. The Morgan fingerprint density at radius 3 is 2.38 bits per heavy atom. The third-order valence-electron chi connectivity index (χ3n) is 5.49. The van der Waals surface area contributed by atoms with E-state index in [4.69, 9.17) is 9.47 Å². The van der Waals surface area contributed by atoms with E-state index < -0.39 is 24.2 Å². The normalized spacial score (nSPS) is 14.5. The molecule has 1 aliphatic rings. The fourth-order valence-electron chi connectivity index (χ4n) is 3.67. The van der Waals surface area contributed by atoms with Crippen LogP contribution in [0.5, 0.6) is 0 Å². The summed E-state index contributed by atoms with van der Waals surface area (Å²) in [5.41, 5.74) is 1.14. The Balaban J connectivity index is 0.00000648. The summed E-state index contributed by atoms with van der Waals surface area (Å²) in [4.78, 5) is 59.4. The number of benzene rings is 1. The number of Topliss-reactive ketones (excluding diaryl/α,β-unsaturated/α-hetero) is 2. The Morgan fingerprint density at radius 2 is 1.70 bits per heavy atom. The number of hydrogen-bond acceptors (Lipinski definition) is 7. The van der Waals surface area contributed by atoms with Crippen molar-refractivity contribution in [2.75, 3.05) is 26.4 Å². The van der Waals surface area contributed by atoms with E-state index >= 15 is 0 Å². The second-order valence-electron chi connectivity index (χ2n) is 8.47. The molecule has 0 radical (unpaired) electrons. The Kier molecular flexibility index (Phi) is 22.6. The summed E-state index contributed by atoms with van der Waals surface area (Å²) in [6.45, 7) is 2.95. The maximum Gasteiger partial charge on any atom is 1.00 e. The van der Waals surface area contributed by atoms with E-state index in [1.54, 1.807) is 24.3 Å². The molecular formula is C26H34N2O7Rb2. The molecule has 2 rings (SSSR count). The molecule has 0 heterocycles. The standard InChI is InChI=1S/C26H36N2O7.2Rb/c1-2-6-26(33)35-15-5-14-34-16-13-27-24(31)18-25(32)28-20-11-9-19(10-12-20)17-23(30)21-7-3-4-8-22(21)29;;/h9-12,21H,2-8,13-18H2,1H3,(H2,27,28,31,32);;/q;2*+1/p-2. The number of amides is 2. The van der Waals surface area contributed by atoms with Crippen molar-refractivity contribution in [3.05, 3.63) is 40.5 Å². The second-order valence-corrected chi connectivity index (χ2v) is 8.47. The molecular weight excluding hydrogens is 623 g/mol. The monoisotopic (exact) mass is 656 g/mol. The van der Waals surface area contributed by atoms with Crippen molar-refractivity contribution in [2.24, 2.45) is 5.92 Å². The molecule has 1 fully saturated rings. The number of hydrogen-bond donors (Lipinski definition) is 0. The molecule has 0 aromatic heterocycles. The molecule has 9 nitrogen and oxygen atoms in total. The van der Waals surface area contributed by atoms with E-state index in [1.165, 1.54) is 0 Å². The molecule has 0 spiro atoms. The topological polar surface area (TPSA) is 132 Å². The summed E-state index contributed by atoms with van der Waals surface area (Å²) in [5.74, 6) is -1.93. The smallest absolute Gasteiger partial charge is 0.651 e. The van der Waals surface area contributed by atoms with Gasteiger partial charge in [0.2, 0.25) is 0 Å². The zero-order valence-electron chi connectivity index (χ0n) is 22.3. The Bertz CT molecular complexity index is 878. The molecule has 192 valence electrons. The van der Waals surface area contributed by atoms with Crippen LogP contribution in [0.25, 0.3) is 10.6 Å². The van der Waals surface area contributed by atoms with Crippen molar-refractivity contribution in [1.82, 2.24) is 0 Å². The van der Waals surface area contributed by atoms with Crippen LogP contribution < -0.4 is 116 Å². The van der Waals surface area contributed by atoms with Crippen molar-refractivity contribution in [1.29, 1.82) is 0 Å². The summed E-state index contributed by atoms with van der Waals surface area (Å²) < 4.78 is 10.3. The van der Waals surface area contributed by atoms with Gasteiger partial charge >= 0.3 is 122 Å². The summed E-state index contributed by atoms with van der Waals surface area (Å²) in [6.07, 6.45) is 4.32. The van der Waals surface area contributed by atoms with Crippen LogP contribution in [0.1, 0.15) is 63.9 Å². The quantitative estimate of drug-likeness (QED) is 0.123. The van der Waals surface area contributed by atoms with Crippen LogP contribution in [0.2, 0.25) is 0 Å². The summed E-state index contributed by atoms with van der Waals surface area (Å²) >= 11 is 0. The number of carbonyl (C=O) groups is 5. The SMILES string of the molecule is CCCC(=O)OCCCOCC[N-]C(=O)CC(=O)[N-]c1ccc(CC(=O)C2CCCCC2=O)cc1.[Rb+].[Rb+]. The first-order valence-electron chi connectivity index (χ1n) is 12.2. The van der Waals surface area contributed by atoms with Gasteiger partial charge in [-0.25, -0.2) is 0 Å².